The maximum Gasteiger partial charge on any atom is 0.322 e. The van der Waals surface area contributed by atoms with E-state index in [1.807, 2.05) is 12.3 Å². The fraction of sp³-hybridized carbons (Fsp3) is 0.267. The van der Waals surface area contributed by atoms with Gasteiger partial charge in [0.2, 0.25) is 0 Å². The van der Waals surface area contributed by atoms with Crippen LogP contribution in [0.3, 0.4) is 0 Å². The number of nitrogens with one attached hydrogen (secondary N) is 1. The van der Waals surface area contributed by atoms with Crippen molar-refractivity contribution in [3.8, 4) is 0 Å². The lowest BCUT2D eigenvalue weighted by molar-refractivity contribution is -0.134. The lowest BCUT2D eigenvalue weighted by atomic mass is 10.1. The molecule has 1 aromatic heterocycles. The summed E-state index contributed by atoms with van der Waals surface area (Å²) in [6, 6.07) is 6.68. The Morgan fingerprint density at radius 2 is 2.23 bits per heavy atom. The molecule has 0 aliphatic carbocycles. The van der Waals surface area contributed by atoms with E-state index in [1.54, 1.807) is 42.4 Å². The number of aromatic nitrogens is 1. The molecule has 1 unspecified atom stereocenters. The van der Waals surface area contributed by atoms with Crippen molar-refractivity contribution in [2.45, 2.75) is 13.0 Å². The fourth-order valence-corrected chi connectivity index (χ4v) is 2.66. The molecule has 0 bridgehead atoms. The molecule has 1 atom stereocenters. The molecule has 0 aliphatic heterocycles. The van der Waals surface area contributed by atoms with Gasteiger partial charge in [-0.15, -0.1) is 11.3 Å². The molecule has 7 heteroatoms. The lowest BCUT2D eigenvalue weighted by Gasteiger charge is -2.23. The van der Waals surface area contributed by atoms with Crippen molar-refractivity contribution in [1.29, 1.82) is 0 Å². The first-order valence-corrected chi connectivity index (χ1v) is 7.59. The van der Waals surface area contributed by atoms with Crippen LogP contribution in [0.4, 0.5) is 5.69 Å². The van der Waals surface area contributed by atoms with Crippen molar-refractivity contribution in [2.75, 3.05) is 18.9 Å². The predicted molar refractivity (Wildman–Crippen MR) is 85.2 cm³/mol. The van der Waals surface area contributed by atoms with Gasteiger partial charge in [0.05, 0.1) is 6.04 Å². The molecule has 0 radical (unpaired) electrons. The third-order valence-corrected chi connectivity index (χ3v) is 4.21. The number of benzene rings is 1. The van der Waals surface area contributed by atoms with Gasteiger partial charge in [-0.3, -0.25) is 9.59 Å². The average molecular weight is 319 g/mol. The van der Waals surface area contributed by atoms with Crippen LogP contribution in [-0.2, 0) is 4.79 Å². The standard InChI is InChI=1S/C15H17N3O3S/c1-10(14-16-6-7-22-14)18(2)15(21)11-4-3-5-12(8-11)17-9-13(19)20/h3-8,10,17H,9H2,1-2H3,(H,19,20). The number of anilines is 1. The average Bonchev–Trinajstić information content (AvgIpc) is 3.05. The maximum atomic E-state index is 12.5. The Bertz CT molecular complexity index is 658. The summed E-state index contributed by atoms with van der Waals surface area (Å²) < 4.78 is 0. The number of amides is 1. The van der Waals surface area contributed by atoms with E-state index in [0.717, 1.165) is 5.01 Å². The molecule has 1 aromatic carbocycles. The van der Waals surface area contributed by atoms with E-state index in [1.165, 1.54) is 11.3 Å². The van der Waals surface area contributed by atoms with Crippen LogP contribution in [0.25, 0.3) is 0 Å². The molecular weight excluding hydrogens is 302 g/mol. The van der Waals surface area contributed by atoms with Crippen LogP contribution in [0.2, 0.25) is 0 Å². The molecule has 2 aromatic rings. The monoisotopic (exact) mass is 319 g/mol. The van der Waals surface area contributed by atoms with E-state index in [0.29, 0.717) is 11.3 Å². The molecule has 116 valence electrons. The van der Waals surface area contributed by atoms with Gasteiger partial charge in [0.15, 0.2) is 0 Å². The number of carbonyl (C=O) groups excluding carboxylic acids is 1. The molecule has 0 spiro atoms. The molecular formula is C15H17N3O3S. The number of carboxylic acid groups (broad SMARTS) is 1. The SMILES string of the molecule is CC(c1nccs1)N(C)C(=O)c1cccc(NCC(=O)O)c1. The minimum absolute atomic E-state index is 0.122. The Morgan fingerprint density at radius 3 is 2.86 bits per heavy atom. The summed E-state index contributed by atoms with van der Waals surface area (Å²) in [5.41, 5.74) is 1.10. The molecule has 0 aliphatic rings. The second-order valence-corrected chi connectivity index (χ2v) is 5.72. The number of carbonyl (C=O) groups is 2. The Labute approximate surface area is 132 Å². The summed E-state index contributed by atoms with van der Waals surface area (Å²) >= 11 is 1.50. The van der Waals surface area contributed by atoms with Crippen molar-refractivity contribution in [1.82, 2.24) is 9.88 Å². The molecule has 1 amide bonds. The van der Waals surface area contributed by atoms with Crippen LogP contribution < -0.4 is 5.32 Å². The Balaban J connectivity index is 2.11. The van der Waals surface area contributed by atoms with Crippen LogP contribution in [-0.4, -0.2) is 40.5 Å². The third-order valence-electron chi connectivity index (χ3n) is 3.26. The van der Waals surface area contributed by atoms with Crippen molar-refractivity contribution in [3.05, 3.63) is 46.4 Å². The molecule has 0 fully saturated rings. The van der Waals surface area contributed by atoms with Crippen molar-refractivity contribution < 1.29 is 14.7 Å². The number of hydrogen-bond donors (Lipinski definition) is 2. The lowest BCUT2D eigenvalue weighted by Crippen LogP contribution is -2.29. The molecule has 1 heterocycles. The highest BCUT2D eigenvalue weighted by atomic mass is 32.1. The molecule has 0 saturated carbocycles. The van der Waals surface area contributed by atoms with Gasteiger partial charge >= 0.3 is 5.97 Å². The Hall–Kier alpha value is -2.41. The Kier molecular flexibility index (Phi) is 5.11. The second-order valence-electron chi connectivity index (χ2n) is 4.79. The first-order chi connectivity index (χ1) is 10.5. The van der Waals surface area contributed by atoms with Gasteiger partial charge in [-0.2, -0.15) is 0 Å². The molecule has 0 saturated heterocycles. The van der Waals surface area contributed by atoms with Gasteiger partial charge in [0.25, 0.3) is 5.91 Å². The zero-order valence-corrected chi connectivity index (χ0v) is 13.1. The number of carboxylic acids is 1. The number of hydrogen-bond acceptors (Lipinski definition) is 5. The van der Waals surface area contributed by atoms with Crippen LogP contribution in [0.15, 0.2) is 35.8 Å². The molecule has 22 heavy (non-hydrogen) atoms. The van der Waals surface area contributed by atoms with Crippen LogP contribution in [0, 0.1) is 0 Å². The van der Waals surface area contributed by atoms with Crippen molar-refractivity contribution in [2.24, 2.45) is 0 Å². The quantitative estimate of drug-likeness (QED) is 0.854. The van der Waals surface area contributed by atoms with Crippen LogP contribution >= 0.6 is 11.3 Å². The summed E-state index contributed by atoms with van der Waals surface area (Å²) in [4.78, 5) is 29.0. The van der Waals surface area contributed by atoms with Gasteiger partial charge in [0, 0.05) is 29.9 Å². The largest absolute Gasteiger partial charge is 0.480 e. The number of aliphatic carboxylic acids is 1. The Morgan fingerprint density at radius 1 is 1.45 bits per heavy atom. The number of thiazole rings is 1. The maximum absolute atomic E-state index is 12.5. The predicted octanol–water partition coefficient (Wildman–Crippen LogP) is 2.47. The first-order valence-electron chi connectivity index (χ1n) is 6.71. The normalized spacial score (nSPS) is 11.7. The highest BCUT2D eigenvalue weighted by molar-refractivity contribution is 7.09. The van der Waals surface area contributed by atoms with E-state index in [2.05, 4.69) is 10.3 Å². The number of nitrogens with zero attached hydrogens (tertiary/aromatic N) is 2. The molecule has 2 rings (SSSR count). The highest BCUT2D eigenvalue weighted by Gasteiger charge is 2.20. The second kappa shape index (κ2) is 7.04. The fourth-order valence-electron chi connectivity index (χ4n) is 1.93. The summed E-state index contributed by atoms with van der Waals surface area (Å²) in [5, 5.41) is 14.2. The minimum Gasteiger partial charge on any atom is -0.480 e. The topological polar surface area (TPSA) is 82.5 Å². The molecule has 6 nitrogen and oxygen atoms in total. The van der Waals surface area contributed by atoms with Crippen molar-refractivity contribution >= 4 is 28.9 Å². The first kappa shape index (κ1) is 16.0. The van der Waals surface area contributed by atoms with E-state index in [-0.39, 0.29) is 18.5 Å². The summed E-state index contributed by atoms with van der Waals surface area (Å²) in [5.74, 6) is -1.09. The zero-order chi connectivity index (χ0) is 16.1. The van der Waals surface area contributed by atoms with Crippen LogP contribution in [0.1, 0.15) is 28.3 Å². The summed E-state index contributed by atoms with van der Waals surface area (Å²) in [6.07, 6.45) is 1.71. The summed E-state index contributed by atoms with van der Waals surface area (Å²) in [7, 11) is 1.73. The molecule has 2 N–H and O–H groups in total. The van der Waals surface area contributed by atoms with Crippen molar-refractivity contribution in [3.63, 3.8) is 0 Å². The van der Waals surface area contributed by atoms with Gasteiger partial charge < -0.3 is 15.3 Å². The van der Waals surface area contributed by atoms with E-state index in [4.69, 9.17) is 5.11 Å². The highest BCUT2D eigenvalue weighted by Crippen LogP contribution is 2.23. The van der Waals surface area contributed by atoms with Gasteiger partial charge in [-0.1, -0.05) is 6.07 Å². The van der Waals surface area contributed by atoms with E-state index in [9.17, 15) is 9.59 Å². The minimum atomic E-state index is -0.953. The zero-order valence-electron chi connectivity index (χ0n) is 12.3. The third kappa shape index (κ3) is 3.82. The smallest absolute Gasteiger partial charge is 0.322 e. The number of rotatable bonds is 6. The van der Waals surface area contributed by atoms with E-state index < -0.39 is 5.97 Å². The van der Waals surface area contributed by atoms with E-state index >= 15 is 0 Å². The summed E-state index contributed by atoms with van der Waals surface area (Å²) in [6.45, 7) is 1.73. The van der Waals surface area contributed by atoms with Crippen LogP contribution in [0.5, 0.6) is 0 Å². The van der Waals surface area contributed by atoms with Gasteiger partial charge in [-0.25, -0.2) is 4.98 Å². The van der Waals surface area contributed by atoms with Gasteiger partial charge in [0.1, 0.15) is 11.6 Å². The van der Waals surface area contributed by atoms with Gasteiger partial charge in [-0.05, 0) is 25.1 Å².